The van der Waals surface area contributed by atoms with E-state index in [0.717, 1.165) is 26.4 Å². The van der Waals surface area contributed by atoms with Crippen LogP contribution in [-0.2, 0) is 0 Å². The second-order valence-corrected chi connectivity index (χ2v) is 5.31. The van der Waals surface area contributed by atoms with Gasteiger partial charge in [0.2, 0.25) is 5.13 Å². The number of aromatic nitrogens is 5. The molecule has 0 aliphatic rings. The van der Waals surface area contributed by atoms with Crippen LogP contribution >= 0.6 is 11.3 Å². The largest absolute Gasteiger partial charge is 0.383 e. The molecule has 7 heteroatoms. The quantitative estimate of drug-likeness (QED) is 0.555. The summed E-state index contributed by atoms with van der Waals surface area (Å²) >= 11 is 1.58. The Labute approximate surface area is 111 Å². The number of nitrogens with two attached hydrogens (primary N) is 1. The normalized spacial score (nSPS) is 11.6. The first-order chi connectivity index (χ1) is 9.24. The lowest BCUT2D eigenvalue weighted by atomic mass is 10.3. The van der Waals surface area contributed by atoms with Gasteiger partial charge in [-0.2, -0.15) is 14.9 Å². The molecule has 3 N–H and O–H groups in total. The number of anilines is 1. The number of hydrogen-bond donors (Lipinski definition) is 2. The highest BCUT2D eigenvalue weighted by atomic mass is 32.1. The minimum absolute atomic E-state index is 0.542. The average Bonchev–Trinajstić information content (AvgIpc) is 3.05. The number of thiazole rings is 1. The number of nitrogens with zero attached hydrogens (tertiary/aromatic N) is 4. The first kappa shape index (κ1) is 10.5. The number of nitrogens with one attached hydrogen (secondary N) is 1. The Morgan fingerprint density at radius 1 is 1.32 bits per heavy atom. The van der Waals surface area contributed by atoms with E-state index in [-0.39, 0.29) is 0 Å². The van der Waals surface area contributed by atoms with Gasteiger partial charge in [0.25, 0.3) is 0 Å². The SMILES string of the molecule is Cc1nn(-c2nc3ccccc3s2)c2n[nH]c(N)c12. The molecule has 0 atom stereocenters. The van der Waals surface area contributed by atoms with E-state index in [1.54, 1.807) is 16.0 Å². The van der Waals surface area contributed by atoms with Crippen molar-refractivity contribution in [1.82, 2.24) is 25.0 Å². The molecular formula is C12H10N6S. The lowest BCUT2D eigenvalue weighted by Crippen LogP contribution is -1.96. The van der Waals surface area contributed by atoms with E-state index in [1.807, 2.05) is 31.2 Å². The molecule has 4 aromatic rings. The van der Waals surface area contributed by atoms with Gasteiger partial charge in [0, 0.05) is 0 Å². The van der Waals surface area contributed by atoms with Crippen LogP contribution < -0.4 is 5.73 Å². The van der Waals surface area contributed by atoms with Crippen LogP contribution in [0.5, 0.6) is 0 Å². The zero-order valence-electron chi connectivity index (χ0n) is 10.1. The molecule has 0 bridgehead atoms. The molecule has 4 rings (SSSR count). The molecule has 0 unspecified atom stereocenters. The lowest BCUT2D eigenvalue weighted by molar-refractivity contribution is 0.859. The van der Waals surface area contributed by atoms with Crippen molar-refractivity contribution in [3.05, 3.63) is 30.0 Å². The van der Waals surface area contributed by atoms with Crippen molar-refractivity contribution >= 4 is 38.4 Å². The van der Waals surface area contributed by atoms with Gasteiger partial charge in [0.1, 0.15) is 5.82 Å². The number of nitrogen functional groups attached to an aromatic ring is 1. The molecule has 0 fully saturated rings. The molecule has 0 amide bonds. The van der Waals surface area contributed by atoms with Crippen molar-refractivity contribution < 1.29 is 0 Å². The van der Waals surface area contributed by atoms with Crippen molar-refractivity contribution in [2.75, 3.05) is 5.73 Å². The summed E-state index contributed by atoms with van der Waals surface area (Å²) in [5.41, 5.74) is 8.38. The van der Waals surface area contributed by atoms with Crippen LogP contribution in [0.25, 0.3) is 26.4 Å². The minimum atomic E-state index is 0.542. The van der Waals surface area contributed by atoms with Crippen molar-refractivity contribution in [2.24, 2.45) is 0 Å². The molecule has 94 valence electrons. The lowest BCUT2D eigenvalue weighted by Gasteiger charge is -1.93. The third kappa shape index (κ3) is 1.39. The smallest absolute Gasteiger partial charge is 0.213 e. The zero-order valence-corrected chi connectivity index (χ0v) is 10.9. The van der Waals surface area contributed by atoms with Crippen molar-refractivity contribution in [2.45, 2.75) is 6.92 Å². The standard InChI is InChI=1S/C12H10N6S/c1-6-9-10(13)15-16-11(9)18(17-6)12-14-7-4-2-3-5-8(7)19-12/h2-5H,1H3,(H3,13,15,16). The van der Waals surface area contributed by atoms with Crippen molar-refractivity contribution in [3.63, 3.8) is 0 Å². The van der Waals surface area contributed by atoms with Gasteiger partial charge in [-0.05, 0) is 19.1 Å². The van der Waals surface area contributed by atoms with Crippen LogP contribution in [-0.4, -0.2) is 25.0 Å². The second-order valence-electron chi connectivity index (χ2n) is 4.30. The summed E-state index contributed by atoms with van der Waals surface area (Å²) in [5.74, 6) is 0.542. The molecule has 0 aliphatic carbocycles. The fourth-order valence-corrected chi connectivity index (χ4v) is 3.11. The molecule has 0 saturated heterocycles. The Balaban J connectivity index is 2.03. The molecule has 19 heavy (non-hydrogen) atoms. The Morgan fingerprint density at radius 3 is 3.00 bits per heavy atom. The first-order valence-corrected chi connectivity index (χ1v) is 6.61. The Bertz CT molecular complexity index is 867. The Morgan fingerprint density at radius 2 is 2.16 bits per heavy atom. The predicted octanol–water partition coefficient (Wildman–Crippen LogP) is 2.25. The Hall–Kier alpha value is -2.41. The van der Waals surface area contributed by atoms with Crippen LogP contribution in [0.2, 0.25) is 0 Å². The van der Waals surface area contributed by atoms with Gasteiger partial charge in [-0.25, -0.2) is 4.98 Å². The Kier molecular flexibility index (Phi) is 1.96. The molecule has 0 saturated carbocycles. The third-order valence-corrected chi connectivity index (χ3v) is 4.06. The zero-order chi connectivity index (χ0) is 13.0. The summed E-state index contributed by atoms with van der Waals surface area (Å²) in [6.07, 6.45) is 0. The van der Waals surface area contributed by atoms with Crippen LogP contribution in [0.3, 0.4) is 0 Å². The number of aryl methyl sites for hydroxylation is 1. The van der Waals surface area contributed by atoms with E-state index < -0.39 is 0 Å². The molecular weight excluding hydrogens is 260 g/mol. The highest BCUT2D eigenvalue weighted by molar-refractivity contribution is 7.20. The van der Waals surface area contributed by atoms with E-state index >= 15 is 0 Å². The number of hydrogen-bond acceptors (Lipinski definition) is 5. The summed E-state index contributed by atoms with van der Waals surface area (Å²) in [4.78, 5) is 4.58. The summed E-state index contributed by atoms with van der Waals surface area (Å²) in [6.45, 7) is 1.91. The minimum Gasteiger partial charge on any atom is -0.383 e. The summed E-state index contributed by atoms with van der Waals surface area (Å²) in [7, 11) is 0. The number of rotatable bonds is 1. The van der Waals surface area contributed by atoms with Gasteiger partial charge < -0.3 is 5.73 Å². The summed E-state index contributed by atoms with van der Waals surface area (Å²) < 4.78 is 2.87. The van der Waals surface area contributed by atoms with E-state index in [4.69, 9.17) is 5.73 Å². The van der Waals surface area contributed by atoms with E-state index in [9.17, 15) is 0 Å². The average molecular weight is 270 g/mol. The molecule has 0 aliphatic heterocycles. The van der Waals surface area contributed by atoms with Gasteiger partial charge in [0.15, 0.2) is 5.65 Å². The highest BCUT2D eigenvalue weighted by Gasteiger charge is 2.17. The monoisotopic (exact) mass is 270 g/mol. The number of para-hydroxylation sites is 1. The molecule has 3 aromatic heterocycles. The van der Waals surface area contributed by atoms with Crippen LogP contribution in [0.4, 0.5) is 5.82 Å². The van der Waals surface area contributed by atoms with Crippen LogP contribution in [0.1, 0.15) is 5.69 Å². The maximum absolute atomic E-state index is 5.86. The van der Waals surface area contributed by atoms with Crippen LogP contribution in [0.15, 0.2) is 24.3 Å². The van der Waals surface area contributed by atoms with Crippen molar-refractivity contribution in [3.8, 4) is 5.13 Å². The number of benzene rings is 1. The molecule has 3 heterocycles. The van der Waals surface area contributed by atoms with Gasteiger partial charge in [-0.1, -0.05) is 23.5 Å². The van der Waals surface area contributed by atoms with Gasteiger partial charge in [-0.15, -0.1) is 0 Å². The van der Waals surface area contributed by atoms with Crippen LogP contribution in [0, 0.1) is 6.92 Å². The fourth-order valence-electron chi connectivity index (χ4n) is 2.19. The molecule has 1 aromatic carbocycles. The second kappa shape index (κ2) is 3.55. The van der Waals surface area contributed by atoms with E-state index in [0.29, 0.717) is 11.5 Å². The highest BCUT2D eigenvalue weighted by Crippen LogP contribution is 2.29. The van der Waals surface area contributed by atoms with Gasteiger partial charge in [-0.3, -0.25) is 5.10 Å². The van der Waals surface area contributed by atoms with E-state index in [2.05, 4.69) is 20.3 Å². The van der Waals surface area contributed by atoms with E-state index in [1.165, 1.54) is 0 Å². The maximum Gasteiger partial charge on any atom is 0.213 e. The molecule has 6 nitrogen and oxygen atoms in total. The summed E-state index contributed by atoms with van der Waals surface area (Å²) in [6, 6.07) is 8.01. The van der Waals surface area contributed by atoms with Gasteiger partial charge in [0.05, 0.1) is 21.3 Å². The number of fused-ring (bicyclic) bond motifs is 2. The number of H-pyrrole nitrogens is 1. The third-order valence-electron chi connectivity index (χ3n) is 3.05. The summed E-state index contributed by atoms with van der Waals surface area (Å²) in [5, 5.41) is 13.1. The first-order valence-electron chi connectivity index (χ1n) is 5.79. The molecule has 0 spiro atoms. The van der Waals surface area contributed by atoms with Gasteiger partial charge >= 0.3 is 0 Å². The molecule has 0 radical (unpaired) electrons. The number of aromatic amines is 1. The topological polar surface area (TPSA) is 85.4 Å². The maximum atomic E-state index is 5.86. The predicted molar refractivity (Wildman–Crippen MR) is 75.5 cm³/mol. The fraction of sp³-hybridized carbons (Fsp3) is 0.0833. The van der Waals surface area contributed by atoms with Crippen molar-refractivity contribution in [1.29, 1.82) is 0 Å².